The quantitative estimate of drug-likeness (QED) is 0.935. The molecule has 0 amide bonds. The van der Waals surface area contributed by atoms with E-state index in [4.69, 9.17) is 0 Å². The second kappa shape index (κ2) is 6.54. The number of nitrogens with zero attached hydrogens (tertiary/aromatic N) is 2. The van der Waals surface area contributed by atoms with Crippen LogP contribution in [0.25, 0.3) is 10.9 Å². The van der Waals surface area contributed by atoms with Gasteiger partial charge in [-0.2, -0.15) is 0 Å². The van der Waals surface area contributed by atoms with Gasteiger partial charge in [-0.05, 0) is 23.6 Å². The topological polar surface area (TPSA) is 28.2 Å². The molecule has 0 spiro atoms. The van der Waals surface area contributed by atoms with Gasteiger partial charge in [0.25, 0.3) is 0 Å². The Labute approximate surface area is 127 Å². The molecule has 2 atom stereocenters. The first-order chi connectivity index (χ1) is 10.3. The Hall–Kier alpha value is -1.45. The number of aromatic nitrogens is 1. The lowest BCUT2D eigenvalue weighted by atomic mass is 9.95. The molecule has 0 aliphatic carbocycles. The van der Waals surface area contributed by atoms with E-state index in [1.54, 1.807) is 0 Å². The van der Waals surface area contributed by atoms with E-state index in [0.717, 1.165) is 37.6 Å². The Bertz CT molecular complexity index is 591. The van der Waals surface area contributed by atoms with Gasteiger partial charge in [0.15, 0.2) is 0 Å². The van der Waals surface area contributed by atoms with Crippen molar-refractivity contribution in [2.24, 2.45) is 5.92 Å². The molecule has 2 aromatic rings. The molecule has 1 saturated heterocycles. The summed E-state index contributed by atoms with van der Waals surface area (Å²) in [6.45, 7) is 9.02. The number of para-hydroxylation sites is 1. The number of fused-ring (bicyclic) bond motifs is 1. The Morgan fingerprint density at radius 2 is 2.19 bits per heavy atom. The fraction of sp³-hybridized carbons (Fsp3) is 0.500. The minimum atomic E-state index is 0.635. The van der Waals surface area contributed by atoms with E-state index >= 15 is 0 Å². The number of pyridine rings is 1. The fourth-order valence-electron chi connectivity index (χ4n) is 3.31. The van der Waals surface area contributed by atoms with Crippen LogP contribution in [-0.2, 0) is 6.54 Å². The Balaban J connectivity index is 1.86. The molecule has 2 heterocycles. The molecule has 21 heavy (non-hydrogen) atoms. The van der Waals surface area contributed by atoms with Crippen molar-refractivity contribution in [3.63, 3.8) is 0 Å². The van der Waals surface area contributed by atoms with Crippen molar-refractivity contribution in [2.45, 2.75) is 32.9 Å². The monoisotopic (exact) mass is 283 g/mol. The van der Waals surface area contributed by atoms with Crippen molar-refractivity contribution in [1.29, 1.82) is 0 Å². The molecule has 1 fully saturated rings. The van der Waals surface area contributed by atoms with Gasteiger partial charge >= 0.3 is 0 Å². The second-order valence-electron chi connectivity index (χ2n) is 6.11. The molecular weight excluding hydrogens is 258 g/mol. The number of hydrogen-bond donors (Lipinski definition) is 1. The van der Waals surface area contributed by atoms with Crippen molar-refractivity contribution in [1.82, 2.24) is 15.2 Å². The molecule has 1 N–H and O–H groups in total. The molecule has 1 aliphatic rings. The molecule has 3 heteroatoms. The van der Waals surface area contributed by atoms with Crippen LogP contribution in [0.15, 0.2) is 36.5 Å². The summed E-state index contributed by atoms with van der Waals surface area (Å²) in [4.78, 5) is 7.12. The van der Waals surface area contributed by atoms with E-state index in [1.165, 1.54) is 17.4 Å². The fourth-order valence-corrected chi connectivity index (χ4v) is 3.31. The van der Waals surface area contributed by atoms with Crippen molar-refractivity contribution in [3.8, 4) is 0 Å². The molecular formula is C18H25N3. The van der Waals surface area contributed by atoms with Gasteiger partial charge in [0, 0.05) is 43.8 Å². The molecule has 0 bridgehead atoms. The van der Waals surface area contributed by atoms with Crippen LogP contribution < -0.4 is 5.32 Å². The standard InChI is InChI=1S/C18H25N3/c1-3-14(2)18-12-19-10-11-21(18)13-15-8-9-20-17-7-5-4-6-16(15)17/h4-9,14,18-19H,3,10-13H2,1-2H3. The summed E-state index contributed by atoms with van der Waals surface area (Å²) in [6, 6.07) is 11.3. The molecule has 2 unspecified atom stereocenters. The van der Waals surface area contributed by atoms with E-state index in [0.29, 0.717) is 6.04 Å². The molecule has 3 nitrogen and oxygen atoms in total. The lowest BCUT2D eigenvalue weighted by Gasteiger charge is -2.39. The number of benzene rings is 1. The summed E-state index contributed by atoms with van der Waals surface area (Å²) in [6.07, 6.45) is 3.18. The zero-order chi connectivity index (χ0) is 14.7. The molecule has 0 radical (unpaired) electrons. The lowest BCUT2D eigenvalue weighted by molar-refractivity contribution is 0.109. The Morgan fingerprint density at radius 3 is 3.05 bits per heavy atom. The average Bonchev–Trinajstić information content (AvgIpc) is 2.55. The van der Waals surface area contributed by atoms with E-state index < -0.39 is 0 Å². The van der Waals surface area contributed by atoms with E-state index in [2.05, 4.69) is 59.4 Å². The third kappa shape index (κ3) is 3.09. The highest BCUT2D eigenvalue weighted by molar-refractivity contribution is 5.81. The Kier molecular flexibility index (Phi) is 4.51. The zero-order valence-electron chi connectivity index (χ0n) is 13.0. The minimum Gasteiger partial charge on any atom is -0.314 e. The molecule has 0 saturated carbocycles. The zero-order valence-corrected chi connectivity index (χ0v) is 13.0. The maximum Gasteiger partial charge on any atom is 0.0705 e. The summed E-state index contributed by atoms with van der Waals surface area (Å²) in [5.41, 5.74) is 2.50. The van der Waals surface area contributed by atoms with Crippen LogP contribution in [0, 0.1) is 5.92 Å². The third-order valence-electron chi connectivity index (χ3n) is 4.81. The van der Waals surface area contributed by atoms with Crippen LogP contribution in [0.5, 0.6) is 0 Å². The van der Waals surface area contributed by atoms with Gasteiger partial charge in [-0.3, -0.25) is 9.88 Å². The summed E-state index contributed by atoms with van der Waals surface area (Å²) >= 11 is 0. The third-order valence-corrected chi connectivity index (χ3v) is 4.81. The predicted molar refractivity (Wildman–Crippen MR) is 88.3 cm³/mol. The van der Waals surface area contributed by atoms with Crippen LogP contribution in [0.3, 0.4) is 0 Å². The van der Waals surface area contributed by atoms with E-state index in [1.807, 2.05) is 6.20 Å². The summed E-state index contributed by atoms with van der Waals surface area (Å²) in [5, 5.41) is 4.84. The van der Waals surface area contributed by atoms with Crippen LogP contribution in [-0.4, -0.2) is 35.6 Å². The molecule has 3 rings (SSSR count). The predicted octanol–water partition coefficient (Wildman–Crippen LogP) is 3.05. The number of hydrogen-bond acceptors (Lipinski definition) is 3. The molecule has 112 valence electrons. The van der Waals surface area contributed by atoms with Crippen LogP contribution in [0.1, 0.15) is 25.8 Å². The summed E-state index contributed by atoms with van der Waals surface area (Å²) in [7, 11) is 0. The van der Waals surface area contributed by atoms with Gasteiger partial charge < -0.3 is 5.32 Å². The first-order valence-corrected chi connectivity index (χ1v) is 8.07. The Morgan fingerprint density at radius 1 is 1.33 bits per heavy atom. The largest absolute Gasteiger partial charge is 0.314 e. The minimum absolute atomic E-state index is 0.635. The maximum atomic E-state index is 4.47. The average molecular weight is 283 g/mol. The van der Waals surface area contributed by atoms with Gasteiger partial charge in [0.1, 0.15) is 0 Å². The van der Waals surface area contributed by atoms with E-state index in [9.17, 15) is 0 Å². The van der Waals surface area contributed by atoms with Crippen molar-refractivity contribution in [3.05, 3.63) is 42.1 Å². The maximum absolute atomic E-state index is 4.47. The first kappa shape index (κ1) is 14.5. The van der Waals surface area contributed by atoms with Gasteiger partial charge in [-0.1, -0.05) is 38.5 Å². The van der Waals surface area contributed by atoms with Crippen LogP contribution >= 0.6 is 0 Å². The van der Waals surface area contributed by atoms with E-state index in [-0.39, 0.29) is 0 Å². The van der Waals surface area contributed by atoms with Crippen molar-refractivity contribution >= 4 is 10.9 Å². The highest BCUT2D eigenvalue weighted by atomic mass is 15.2. The number of nitrogens with one attached hydrogen (secondary N) is 1. The normalized spacial score (nSPS) is 21.5. The number of piperazine rings is 1. The highest BCUT2D eigenvalue weighted by Gasteiger charge is 2.26. The van der Waals surface area contributed by atoms with Crippen molar-refractivity contribution < 1.29 is 0 Å². The lowest BCUT2D eigenvalue weighted by Crippen LogP contribution is -2.53. The van der Waals surface area contributed by atoms with Gasteiger partial charge in [0.05, 0.1) is 5.52 Å². The second-order valence-corrected chi connectivity index (χ2v) is 6.11. The smallest absolute Gasteiger partial charge is 0.0705 e. The van der Waals surface area contributed by atoms with Crippen molar-refractivity contribution in [2.75, 3.05) is 19.6 Å². The summed E-state index contributed by atoms with van der Waals surface area (Å²) in [5.74, 6) is 0.728. The summed E-state index contributed by atoms with van der Waals surface area (Å²) < 4.78 is 0. The van der Waals surface area contributed by atoms with Gasteiger partial charge in [-0.25, -0.2) is 0 Å². The number of rotatable bonds is 4. The van der Waals surface area contributed by atoms with Gasteiger partial charge in [0.2, 0.25) is 0 Å². The molecule has 1 aromatic carbocycles. The molecule has 1 aromatic heterocycles. The SMILES string of the molecule is CCC(C)C1CNCCN1Cc1ccnc2ccccc12. The van der Waals surface area contributed by atoms with Crippen LogP contribution in [0.4, 0.5) is 0 Å². The molecule has 1 aliphatic heterocycles. The van der Waals surface area contributed by atoms with Gasteiger partial charge in [-0.15, -0.1) is 0 Å². The van der Waals surface area contributed by atoms with Crippen LogP contribution in [0.2, 0.25) is 0 Å². The highest BCUT2D eigenvalue weighted by Crippen LogP contribution is 2.22. The first-order valence-electron chi connectivity index (χ1n) is 8.07.